The van der Waals surface area contributed by atoms with Gasteiger partial charge in [-0.3, -0.25) is 14.7 Å². The van der Waals surface area contributed by atoms with Gasteiger partial charge in [0.2, 0.25) is 0 Å². The van der Waals surface area contributed by atoms with Gasteiger partial charge in [-0.25, -0.2) is 0 Å². The molecule has 6 nitrogen and oxygen atoms in total. The highest BCUT2D eigenvalue weighted by Gasteiger charge is 2.32. The SMILES string of the molecule is N#Cc1cc(N2CCN(CCCCNC(=O)c3ccnc4ccccc34)CC2)cc(C(F)(F)F)c1. The summed E-state index contributed by atoms with van der Waals surface area (Å²) in [6.07, 6.45) is -1.12. The summed E-state index contributed by atoms with van der Waals surface area (Å²) in [4.78, 5) is 21.0. The monoisotopic (exact) mass is 481 g/mol. The van der Waals surface area contributed by atoms with E-state index in [1.165, 1.54) is 6.07 Å². The number of anilines is 1. The maximum absolute atomic E-state index is 13.2. The third-order valence-electron chi connectivity index (χ3n) is 6.19. The van der Waals surface area contributed by atoms with Crippen LogP contribution in [0.15, 0.2) is 54.7 Å². The quantitative estimate of drug-likeness (QED) is 0.505. The molecule has 1 N–H and O–H groups in total. The number of carbonyl (C=O) groups excluding carboxylic acids is 1. The van der Waals surface area contributed by atoms with E-state index in [-0.39, 0.29) is 11.5 Å². The van der Waals surface area contributed by atoms with E-state index in [0.717, 1.165) is 55.5 Å². The standard InChI is InChI=1S/C26H26F3N5O/c27-26(28,29)20-15-19(18-30)16-21(17-20)34-13-11-33(12-14-34)10-4-3-8-32-25(35)23-7-9-31-24-6-2-1-5-22(23)24/h1-2,5-7,9,15-17H,3-4,8,10-14H2,(H,32,35). The molecule has 1 saturated heterocycles. The maximum Gasteiger partial charge on any atom is 0.416 e. The number of amides is 1. The van der Waals surface area contributed by atoms with Crippen molar-refractivity contribution in [2.75, 3.05) is 44.2 Å². The van der Waals surface area contributed by atoms with Gasteiger partial charge in [0.15, 0.2) is 0 Å². The molecule has 4 rings (SSSR count). The maximum atomic E-state index is 13.2. The average Bonchev–Trinajstić information content (AvgIpc) is 2.87. The van der Waals surface area contributed by atoms with E-state index in [4.69, 9.17) is 5.26 Å². The molecule has 0 spiro atoms. The van der Waals surface area contributed by atoms with E-state index < -0.39 is 11.7 Å². The zero-order chi connectivity index (χ0) is 24.8. The van der Waals surface area contributed by atoms with Crippen LogP contribution in [0.1, 0.15) is 34.3 Å². The second kappa shape index (κ2) is 10.7. The number of aromatic nitrogens is 1. The van der Waals surface area contributed by atoms with Gasteiger partial charge in [0.05, 0.1) is 28.3 Å². The molecule has 0 atom stereocenters. The predicted octanol–water partition coefficient (Wildman–Crippen LogP) is 4.46. The molecule has 1 aliphatic heterocycles. The van der Waals surface area contributed by atoms with E-state index in [9.17, 15) is 18.0 Å². The molecule has 1 fully saturated rings. The number of hydrogen-bond acceptors (Lipinski definition) is 5. The van der Waals surface area contributed by atoms with Crippen molar-refractivity contribution in [2.24, 2.45) is 0 Å². The van der Waals surface area contributed by atoms with Gasteiger partial charge in [0, 0.05) is 50.0 Å². The first-order chi connectivity index (χ1) is 16.8. The molecular formula is C26H26F3N5O. The smallest absolute Gasteiger partial charge is 0.369 e. The van der Waals surface area contributed by atoms with Gasteiger partial charge in [0.1, 0.15) is 0 Å². The average molecular weight is 482 g/mol. The first-order valence-corrected chi connectivity index (χ1v) is 11.6. The minimum Gasteiger partial charge on any atom is -0.369 e. The van der Waals surface area contributed by atoms with Gasteiger partial charge in [-0.05, 0) is 49.7 Å². The van der Waals surface area contributed by atoms with Crippen molar-refractivity contribution < 1.29 is 18.0 Å². The number of para-hydroxylation sites is 1. The Morgan fingerprint density at radius 3 is 2.57 bits per heavy atom. The highest BCUT2D eigenvalue weighted by Crippen LogP contribution is 2.33. The number of halogens is 3. The fraction of sp³-hybridized carbons (Fsp3) is 0.346. The topological polar surface area (TPSA) is 72.3 Å². The number of benzene rings is 2. The summed E-state index contributed by atoms with van der Waals surface area (Å²) in [5, 5.41) is 12.9. The zero-order valence-electron chi connectivity index (χ0n) is 19.2. The zero-order valence-corrected chi connectivity index (χ0v) is 19.2. The molecule has 182 valence electrons. The number of nitriles is 1. The molecule has 2 heterocycles. The molecule has 0 aliphatic carbocycles. The Hall–Kier alpha value is -3.64. The summed E-state index contributed by atoms with van der Waals surface area (Å²) >= 11 is 0. The molecule has 9 heteroatoms. The van der Waals surface area contributed by atoms with Crippen LogP contribution in [0.25, 0.3) is 10.9 Å². The van der Waals surface area contributed by atoms with E-state index in [2.05, 4.69) is 15.2 Å². The van der Waals surface area contributed by atoms with Crippen LogP contribution in [0.5, 0.6) is 0 Å². The Morgan fingerprint density at radius 2 is 1.83 bits per heavy atom. The van der Waals surface area contributed by atoms with E-state index in [1.807, 2.05) is 35.2 Å². The Bertz CT molecular complexity index is 1220. The second-order valence-electron chi connectivity index (χ2n) is 8.55. The summed E-state index contributed by atoms with van der Waals surface area (Å²) in [6, 6.07) is 14.6. The van der Waals surface area contributed by atoms with Crippen molar-refractivity contribution in [3.05, 3.63) is 71.4 Å². The van der Waals surface area contributed by atoms with Crippen LogP contribution in [-0.4, -0.2) is 55.1 Å². The number of pyridine rings is 1. The summed E-state index contributed by atoms with van der Waals surface area (Å²) in [6.45, 7) is 4.07. The molecule has 1 aromatic heterocycles. The molecule has 0 radical (unpaired) electrons. The molecule has 2 aromatic carbocycles. The van der Waals surface area contributed by atoms with Crippen molar-refractivity contribution >= 4 is 22.5 Å². The number of carbonyl (C=O) groups is 1. The Kier molecular flexibility index (Phi) is 7.51. The summed E-state index contributed by atoms with van der Waals surface area (Å²) in [5.74, 6) is -0.116. The largest absolute Gasteiger partial charge is 0.416 e. The molecular weight excluding hydrogens is 455 g/mol. The third kappa shape index (κ3) is 6.08. The first-order valence-electron chi connectivity index (χ1n) is 11.6. The van der Waals surface area contributed by atoms with Gasteiger partial charge in [0.25, 0.3) is 5.91 Å². The molecule has 1 amide bonds. The Morgan fingerprint density at radius 1 is 1.06 bits per heavy atom. The normalized spacial score (nSPS) is 14.6. The third-order valence-corrected chi connectivity index (χ3v) is 6.19. The lowest BCUT2D eigenvalue weighted by atomic mass is 10.1. The first kappa shape index (κ1) is 24.5. The minimum atomic E-state index is -4.48. The van der Waals surface area contributed by atoms with Gasteiger partial charge < -0.3 is 10.2 Å². The van der Waals surface area contributed by atoms with Crippen molar-refractivity contribution in [2.45, 2.75) is 19.0 Å². The number of nitrogens with zero attached hydrogens (tertiary/aromatic N) is 4. The fourth-order valence-corrected chi connectivity index (χ4v) is 4.30. The summed E-state index contributed by atoms with van der Waals surface area (Å²) in [7, 11) is 0. The van der Waals surface area contributed by atoms with Crippen molar-refractivity contribution in [3.8, 4) is 6.07 Å². The number of nitrogens with one attached hydrogen (secondary N) is 1. The van der Waals surface area contributed by atoms with Gasteiger partial charge in [-0.1, -0.05) is 18.2 Å². The van der Waals surface area contributed by atoms with Crippen molar-refractivity contribution in [1.29, 1.82) is 5.26 Å². The van der Waals surface area contributed by atoms with Crippen LogP contribution >= 0.6 is 0 Å². The van der Waals surface area contributed by atoms with Gasteiger partial charge >= 0.3 is 6.18 Å². The lowest BCUT2D eigenvalue weighted by molar-refractivity contribution is -0.137. The van der Waals surface area contributed by atoms with E-state index >= 15 is 0 Å². The molecule has 0 unspecified atom stereocenters. The number of unbranched alkanes of at least 4 members (excludes halogenated alkanes) is 1. The highest BCUT2D eigenvalue weighted by molar-refractivity contribution is 6.05. The number of rotatable bonds is 7. The van der Waals surface area contributed by atoms with Crippen LogP contribution in [0.2, 0.25) is 0 Å². The summed E-state index contributed by atoms with van der Waals surface area (Å²) in [5.41, 5.74) is 1.05. The second-order valence-corrected chi connectivity index (χ2v) is 8.55. The molecule has 1 aliphatic rings. The number of alkyl halides is 3. The highest BCUT2D eigenvalue weighted by atomic mass is 19.4. The minimum absolute atomic E-state index is 0.0130. The molecule has 3 aromatic rings. The molecule has 0 bridgehead atoms. The lowest BCUT2D eigenvalue weighted by Crippen LogP contribution is -2.46. The molecule has 0 saturated carbocycles. The Balaban J connectivity index is 1.21. The van der Waals surface area contributed by atoms with Crippen LogP contribution in [0, 0.1) is 11.3 Å². The van der Waals surface area contributed by atoms with Crippen molar-refractivity contribution in [3.63, 3.8) is 0 Å². The number of fused-ring (bicyclic) bond motifs is 1. The Labute approximate surface area is 202 Å². The number of hydrogen-bond donors (Lipinski definition) is 1. The van der Waals surface area contributed by atoms with E-state index in [1.54, 1.807) is 12.3 Å². The predicted molar refractivity (Wildman–Crippen MR) is 128 cm³/mol. The summed E-state index contributed by atoms with van der Waals surface area (Å²) < 4.78 is 39.5. The lowest BCUT2D eigenvalue weighted by Gasteiger charge is -2.36. The molecule has 35 heavy (non-hydrogen) atoms. The van der Waals surface area contributed by atoms with Crippen LogP contribution in [0.3, 0.4) is 0 Å². The van der Waals surface area contributed by atoms with Crippen LogP contribution < -0.4 is 10.2 Å². The van der Waals surface area contributed by atoms with Crippen LogP contribution in [-0.2, 0) is 6.18 Å². The fourth-order valence-electron chi connectivity index (χ4n) is 4.30. The van der Waals surface area contributed by atoms with Gasteiger partial charge in [-0.15, -0.1) is 0 Å². The van der Waals surface area contributed by atoms with E-state index in [0.29, 0.717) is 30.9 Å². The number of piperazine rings is 1. The van der Waals surface area contributed by atoms with Gasteiger partial charge in [-0.2, -0.15) is 18.4 Å². The van der Waals surface area contributed by atoms with Crippen molar-refractivity contribution in [1.82, 2.24) is 15.2 Å². The van der Waals surface area contributed by atoms with Crippen LogP contribution in [0.4, 0.5) is 18.9 Å².